The average Bonchev–Trinajstić information content (AvgIpc) is 3.40. The predicted octanol–water partition coefficient (Wildman–Crippen LogP) is 4.91. The maximum absolute atomic E-state index is 13.4. The molecule has 1 unspecified atom stereocenters. The number of hydrogen-bond donors (Lipinski definition) is 2. The van der Waals surface area contributed by atoms with Crippen LogP contribution in [0.2, 0.25) is 5.02 Å². The van der Waals surface area contributed by atoms with E-state index in [4.69, 9.17) is 26.8 Å². The van der Waals surface area contributed by atoms with Gasteiger partial charge in [-0.25, -0.2) is 0 Å². The normalized spacial score (nSPS) is 23.2. The maximum Gasteiger partial charge on any atom is 0.225 e. The molecule has 2 aliphatic rings. The monoisotopic (exact) mass is 551 g/mol. The van der Waals surface area contributed by atoms with Gasteiger partial charge in [-0.2, -0.15) is 0 Å². The lowest BCUT2D eigenvalue weighted by atomic mass is 9.78. The molecule has 0 spiro atoms. The minimum absolute atomic E-state index is 0.0583. The molecule has 0 bridgehead atoms. The number of fused-ring (bicyclic) bond motifs is 1. The van der Waals surface area contributed by atoms with Crippen molar-refractivity contribution in [3.05, 3.63) is 65.4 Å². The fourth-order valence-electron chi connectivity index (χ4n) is 6.22. The van der Waals surface area contributed by atoms with E-state index in [-0.39, 0.29) is 17.9 Å². The molecule has 8 heteroatoms. The van der Waals surface area contributed by atoms with Gasteiger partial charge in [0.05, 0.1) is 13.2 Å². The third kappa shape index (κ3) is 5.83. The Labute approximate surface area is 235 Å². The molecule has 3 aromatic rings. The number of ether oxygens (including phenoxy) is 2. The maximum atomic E-state index is 13.4. The van der Waals surface area contributed by atoms with Crippen LogP contribution < -0.4 is 5.73 Å². The molecule has 7 nitrogen and oxygen atoms in total. The van der Waals surface area contributed by atoms with Gasteiger partial charge in [0.1, 0.15) is 11.7 Å². The molecular weight excluding hydrogens is 514 g/mol. The molecule has 3 N–H and O–H groups in total. The number of carbonyl (C=O) groups excluding carboxylic acids is 1. The lowest BCUT2D eigenvalue weighted by molar-refractivity contribution is -0.167. The summed E-state index contributed by atoms with van der Waals surface area (Å²) >= 11 is 6.90. The molecule has 1 amide bonds. The zero-order chi connectivity index (χ0) is 27.4. The number of aromatic nitrogens is 1. The van der Waals surface area contributed by atoms with Crippen molar-refractivity contribution >= 4 is 28.3 Å². The fourth-order valence-corrected chi connectivity index (χ4v) is 6.50. The van der Waals surface area contributed by atoms with Crippen LogP contribution in [-0.4, -0.2) is 66.5 Å². The van der Waals surface area contributed by atoms with Gasteiger partial charge in [0.25, 0.3) is 0 Å². The van der Waals surface area contributed by atoms with Crippen molar-refractivity contribution in [2.45, 2.75) is 56.3 Å². The fraction of sp³-hybridized carbons (Fsp3) is 0.484. The number of amides is 1. The van der Waals surface area contributed by atoms with Crippen LogP contribution in [0.5, 0.6) is 0 Å². The summed E-state index contributed by atoms with van der Waals surface area (Å²) in [6.45, 7) is 1.78. The molecule has 2 fully saturated rings. The van der Waals surface area contributed by atoms with Crippen molar-refractivity contribution in [1.82, 2.24) is 9.88 Å². The van der Waals surface area contributed by atoms with Crippen molar-refractivity contribution in [2.75, 3.05) is 33.4 Å². The number of halogens is 1. The second kappa shape index (κ2) is 12.3. The molecule has 1 saturated carbocycles. The van der Waals surface area contributed by atoms with E-state index in [1.165, 1.54) is 0 Å². The van der Waals surface area contributed by atoms with E-state index in [0.717, 1.165) is 47.6 Å². The first kappa shape index (κ1) is 28.0. The van der Waals surface area contributed by atoms with Crippen LogP contribution in [0.3, 0.4) is 0 Å². The lowest BCUT2D eigenvalue weighted by Crippen LogP contribution is -2.55. The first-order chi connectivity index (χ1) is 18.9. The second-order valence-corrected chi connectivity index (χ2v) is 11.3. The van der Waals surface area contributed by atoms with Crippen LogP contribution >= 0.6 is 11.6 Å². The van der Waals surface area contributed by atoms with Gasteiger partial charge in [0.15, 0.2) is 0 Å². The highest BCUT2D eigenvalue weighted by molar-refractivity contribution is 6.34. The minimum atomic E-state index is -1.39. The highest BCUT2D eigenvalue weighted by atomic mass is 35.5. The quantitative estimate of drug-likeness (QED) is 0.367. The van der Waals surface area contributed by atoms with Gasteiger partial charge in [-0.15, -0.1) is 0 Å². The van der Waals surface area contributed by atoms with Crippen LogP contribution in [0.15, 0.2) is 54.9 Å². The third-order valence-electron chi connectivity index (χ3n) is 8.31. The van der Waals surface area contributed by atoms with E-state index < -0.39 is 11.7 Å². The molecule has 0 radical (unpaired) electrons. The molecule has 39 heavy (non-hydrogen) atoms. The predicted molar refractivity (Wildman–Crippen MR) is 153 cm³/mol. The first-order valence-electron chi connectivity index (χ1n) is 13.9. The molecule has 2 heterocycles. The van der Waals surface area contributed by atoms with Crippen molar-refractivity contribution in [2.24, 2.45) is 11.7 Å². The summed E-state index contributed by atoms with van der Waals surface area (Å²) in [4.78, 5) is 19.8. The number of nitrogens with two attached hydrogens (primary N) is 1. The Kier molecular flexibility index (Phi) is 8.84. The minimum Gasteiger partial charge on any atom is -0.385 e. The van der Waals surface area contributed by atoms with Crippen molar-refractivity contribution < 1.29 is 19.4 Å². The number of methoxy groups -OCH3 is 1. The number of unbranched alkanes of at least 4 members (excludes halogenated alkanes) is 1. The number of morpholine rings is 1. The van der Waals surface area contributed by atoms with Gasteiger partial charge in [-0.05, 0) is 55.5 Å². The van der Waals surface area contributed by atoms with Crippen LogP contribution in [0, 0.1) is 5.92 Å². The summed E-state index contributed by atoms with van der Waals surface area (Å²) in [5.41, 5.74) is 7.00. The number of aliphatic hydroxyl groups is 1. The molecule has 1 aliphatic carbocycles. The third-order valence-corrected chi connectivity index (χ3v) is 8.62. The standard InChI is InChI=1S/C31H38ClN3O4/c1-38-15-5-4-13-31(37,28-20-35(14-16-39-28)30(36)21-11-12-23(33)17-21)26-9-6-10-27(32)29(26)25-19-34-18-22-7-2-3-8-24(22)25/h2-3,6-10,18-19,21,23,28,37H,4-5,11-17,20,33H2,1H3/t21?,23-,28+,31+/m0/s1. The van der Waals surface area contributed by atoms with Crippen LogP contribution in [0.4, 0.5) is 0 Å². The SMILES string of the molecule is COCCCC[C@@](O)(c1cccc(Cl)c1-c1cncc2ccccc12)[C@H]1CN(C(=O)C2CC[C@H](N)C2)CCO1. The molecule has 4 atom stereocenters. The summed E-state index contributed by atoms with van der Waals surface area (Å²) in [6, 6.07) is 13.7. The number of carbonyl (C=O) groups is 1. The van der Waals surface area contributed by atoms with E-state index in [9.17, 15) is 9.90 Å². The van der Waals surface area contributed by atoms with E-state index in [2.05, 4.69) is 4.98 Å². The Hall–Kier alpha value is -2.55. The Balaban J connectivity index is 1.55. The van der Waals surface area contributed by atoms with Gasteiger partial charge in [-0.1, -0.05) is 48.0 Å². The molecular formula is C31H38ClN3O4. The number of pyridine rings is 1. The summed E-state index contributed by atoms with van der Waals surface area (Å²) in [5.74, 6) is 0.0552. The second-order valence-electron chi connectivity index (χ2n) is 10.9. The summed E-state index contributed by atoms with van der Waals surface area (Å²) in [5, 5.41) is 15.2. The van der Waals surface area contributed by atoms with Gasteiger partial charge in [0, 0.05) is 66.2 Å². The number of nitrogens with zero attached hydrogens (tertiary/aromatic N) is 2. The van der Waals surface area contributed by atoms with E-state index in [1.54, 1.807) is 13.3 Å². The Morgan fingerprint density at radius 1 is 1.21 bits per heavy atom. The molecule has 1 aromatic heterocycles. The van der Waals surface area contributed by atoms with Gasteiger partial charge >= 0.3 is 0 Å². The van der Waals surface area contributed by atoms with Crippen molar-refractivity contribution in [3.63, 3.8) is 0 Å². The molecule has 2 aromatic carbocycles. The zero-order valence-electron chi connectivity index (χ0n) is 22.5. The molecule has 5 rings (SSSR count). The largest absolute Gasteiger partial charge is 0.385 e. The van der Waals surface area contributed by atoms with Gasteiger partial charge < -0.3 is 25.2 Å². The summed E-state index contributed by atoms with van der Waals surface area (Å²) < 4.78 is 11.6. The highest BCUT2D eigenvalue weighted by Crippen LogP contribution is 2.44. The van der Waals surface area contributed by atoms with Crippen LogP contribution in [0.1, 0.15) is 44.1 Å². The number of benzene rings is 2. The molecule has 1 aliphatic heterocycles. The summed E-state index contributed by atoms with van der Waals surface area (Å²) in [7, 11) is 1.68. The summed E-state index contributed by atoms with van der Waals surface area (Å²) in [6.07, 6.45) is 7.36. The van der Waals surface area contributed by atoms with E-state index in [0.29, 0.717) is 49.7 Å². The van der Waals surface area contributed by atoms with Gasteiger partial charge in [-0.3, -0.25) is 9.78 Å². The van der Waals surface area contributed by atoms with Crippen molar-refractivity contribution in [3.8, 4) is 11.1 Å². The zero-order valence-corrected chi connectivity index (χ0v) is 23.3. The first-order valence-corrected chi connectivity index (χ1v) is 14.3. The number of rotatable bonds is 9. The smallest absolute Gasteiger partial charge is 0.225 e. The number of hydrogen-bond acceptors (Lipinski definition) is 6. The van der Waals surface area contributed by atoms with E-state index >= 15 is 0 Å². The topological polar surface area (TPSA) is 97.9 Å². The Morgan fingerprint density at radius 3 is 2.85 bits per heavy atom. The Morgan fingerprint density at radius 2 is 2.05 bits per heavy atom. The molecule has 1 saturated heterocycles. The average molecular weight is 552 g/mol. The van der Waals surface area contributed by atoms with Crippen molar-refractivity contribution in [1.29, 1.82) is 0 Å². The molecule has 208 valence electrons. The van der Waals surface area contributed by atoms with Gasteiger partial charge in [0.2, 0.25) is 5.91 Å². The van der Waals surface area contributed by atoms with E-state index in [1.807, 2.05) is 53.6 Å². The van der Waals surface area contributed by atoms with Crippen LogP contribution in [-0.2, 0) is 19.9 Å². The highest BCUT2D eigenvalue weighted by Gasteiger charge is 2.45. The lowest BCUT2D eigenvalue weighted by Gasteiger charge is -2.44. The Bertz CT molecular complexity index is 1300. The van der Waals surface area contributed by atoms with Crippen LogP contribution in [0.25, 0.3) is 21.9 Å².